The quantitative estimate of drug-likeness (QED) is 0.853. The molecule has 0 amide bonds. The van der Waals surface area contributed by atoms with E-state index < -0.39 is 0 Å². The molecule has 17 heavy (non-hydrogen) atoms. The van der Waals surface area contributed by atoms with Crippen LogP contribution in [0.1, 0.15) is 16.7 Å². The van der Waals surface area contributed by atoms with E-state index in [1.54, 1.807) is 6.20 Å². The van der Waals surface area contributed by atoms with Crippen molar-refractivity contribution < 1.29 is 4.74 Å². The summed E-state index contributed by atoms with van der Waals surface area (Å²) >= 11 is 0. The number of anilines is 1. The van der Waals surface area contributed by atoms with E-state index >= 15 is 0 Å². The van der Waals surface area contributed by atoms with E-state index in [0.29, 0.717) is 0 Å². The second-order valence-corrected chi connectivity index (χ2v) is 4.29. The number of nitrogens with zero attached hydrogens (tertiary/aromatic N) is 1. The minimum Gasteiger partial charge on any atom is -0.493 e. The van der Waals surface area contributed by atoms with Gasteiger partial charge in [-0.05, 0) is 28.8 Å². The van der Waals surface area contributed by atoms with Crippen LogP contribution in [0.3, 0.4) is 0 Å². The predicted octanol–water partition coefficient (Wildman–Crippen LogP) is 2.19. The highest BCUT2D eigenvalue weighted by molar-refractivity contribution is 5.48. The molecule has 2 heterocycles. The van der Waals surface area contributed by atoms with Gasteiger partial charge in [0.1, 0.15) is 5.75 Å². The van der Waals surface area contributed by atoms with Gasteiger partial charge in [0.25, 0.3) is 0 Å². The molecule has 0 radical (unpaired) electrons. The van der Waals surface area contributed by atoms with Crippen LogP contribution in [0, 0.1) is 0 Å². The molecule has 1 aliphatic rings. The number of ether oxygens (including phenoxy) is 1. The first kappa shape index (κ1) is 10.1. The molecule has 0 bridgehead atoms. The lowest BCUT2D eigenvalue weighted by Gasteiger charge is -2.06. The largest absolute Gasteiger partial charge is 0.493 e. The molecule has 1 aromatic heterocycles. The van der Waals surface area contributed by atoms with Crippen molar-refractivity contribution in [3.63, 3.8) is 0 Å². The highest BCUT2D eigenvalue weighted by atomic mass is 16.5. The first-order valence-corrected chi connectivity index (χ1v) is 5.76. The van der Waals surface area contributed by atoms with Crippen molar-refractivity contribution in [2.75, 3.05) is 12.3 Å². The van der Waals surface area contributed by atoms with Crippen LogP contribution in [0.25, 0.3) is 0 Å². The van der Waals surface area contributed by atoms with E-state index in [-0.39, 0.29) is 0 Å². The van der Waals surface area contributed by atoms with Gasteiger partial charge in [-0.2, -0.15) is 0 Å². The number of nitrogen functional groups attached to an aromatic ring is 1. The fourth-order valence-corrected chi connectivity index (χ4v) is 2.16. The zero-order valence-corrected chi connectivity index (χ0v) is 9.52. The molecule has 2 N–H and O–H groups in total. The highest BCUT2D eigenvalue weighted by Crippen LogP contribution is 2.27. The molecule has 3 nitrogen and oxygen atoms in total. The van der Waals surface area contributed by atoms with Crippen molar-refractivity contribution in [2.24, 2.45) is 0 Å². The summed E-state index contributed by atoms with van der Waals surface area (Å²) in [5.74, 6) is 1.02. The summed E-state index contributed by atoms with van der Waals surface area (Å²) < 4.78 is 5.49. The number of nitrogens with two attached hydrogens (primary N) is 1. The molecule has 0 aliphatic carbocycles. The fraction of sp³-hybridized carbons (Fsp3) is 0.214. The molecule has 1 aromatic carbocycles. The van der Waals surface area contributed by atoms with Crippen LogP contribution in [-0.2, 0) is 12.8 Å². The van der Waals surface area contributed by atoms with Crippen molar-refractivity contribution in [3.8, 4) is 5.75 Å². The van der Waals surface area contributed by atoms with Gasteiger partial charge in [0.2, 0.25) is 0 Å². The lowest BCUT2D eigenvalue weighted by molar-refractivity contribution is 0.357. The summed E-state index contributed by atoms with van der Waals surface area (Å²) in [6.07, 6.45) is 5.38. The summed E-state index contributed by atoms with van der Waals surface area (Å²) in [5.41, 5.74) is 10.3. The average Bonchev–Trinajstić information content (AvgIpc) is 2.79. The van der Waals surface area contributed by atoms with Crippen molar-refractivity contribution in [2.45, 2.75) is 12.8 Å². The Balaban J connectivity index is 1.89. The van der Waals surface area contributed by atoms with Crippen LogP contribution in [0.15, 0.2) is 36.7 Å². The molecule has 3 rings (SSSR count). The molecule has 86 valence electrons. The number of rotatable bonds is 2. The molecule has 3 heteroatoms. The zero-order valence-electron chi connectivity index (χ0n) is 9.52. The van der Waals surface area contributed by atoms with Gasteiger partial charge in [-0.3, -0.25) is 4.98 Å². The Morgan fingerprint density at radius 2 is 2.24 bits per heavy atom. The second-order valence-electron chi connectivity index (χ2n) is 4.29. The Labute approximate surface area is 100 Å². The number of fused-ring (bicyclic) bond motifs is 1. The number of pyridine rings is 1. The van der Waals surface area contributed by atoms with Gasteiger partial charge in [-0.15, -0.1) is 0 Å². The maximum atomic E-state index is 5.92. The number of hydrogen-bond donors (Lipinski definition) is 1. The lowest BCUT2D eigenvalue weighted by atomic mass is 10.0. The van der Waals surface area contributed by atoms with Gasteiger partial charge >= 0.3 is 0 Å². The standard InChI is InChI=1S/C14H14N2O/c15-13-3-5-16-9-12(13)8-10-1-2-14-11(7-10)4-6-17-14/h1-3,5,7,9H,4,6,8H2,(H2,15,16). The second kappa shape index (κ2) is 4.09. The first-order valence-electron chi connectivity index (χ1n) is 5.76. The molecule has 0 atom stereocenters. The van der Waals surface area contributed by atoms with Crippen molar-refractivity contribution in [1.82, 2.24) is 4.98 Å². The summed E-state index contributed by atoms with van der Waals surface area (Å²) in [6, 6.07) is 8.18. The van der Waals surface area contributed by atoms with Crippen LogP contribution in [0.4, 0.5) is 5.69 Å². The van der Waals surface area contributed by atoms with E-state index in [4.69, 9.17) is 10.5 Å². The highest BCUT2D eigenvalue weighted by Gasteiger charge is 2.12. The Kier molecular flexibility index (Phi) is 2.44. The monoisotopic (exact) mass is 226 g/mol. The third kappa shape index (κ3) is 1.96. The number of aromatic nitrogens is 1. The van der Waals surface area contributed by atoms with Crippen LogP contribution in [0.2, 0.25) is 0 Å². The maximum Gasteiger partial charge on any atom is 0.122 e. The Morgan fingerprint density at radius 3 is 3.12 bits per heavy atom. The van der Waals surface area contributed by atoms with Crippen molar-refractivity contribution in [3.05, 3.63) is 53.3 Å². The van der Waals surface area contributed by atoms with Gasteiger partial charge in [-0.1, -0.05) is 12.1 Å². The van der Waals surface area contributed by atoms with E-state index in [0.717, 1.165) is 36.4 Å². The topological polar surface area (TPSA) is 48.1 Å². The van der Waals surface area contributed by atoms with Gasteiger partial charge < -0.3 is 10.5 Å². The van der Waals surface area contributed by atoms with Crippen LogP contribution in [-0.4, -0.2) is 11.6 Å². The predicted molar refractivity (Wildman–Crippen MR) is 67.1 cm³/mol. The number of benzene rings is 1. The van der Waals surface area contributed by atoms with E-state index in [2.05, 4.69) is 17.1 Å². The lowest BCUT2D eigenvalue weighted by Crippen LogP contribution is -1.96. The Bertz CT molecular complexity index is 552. The summed E-state index contributed by atoms with van der Waals surface area (Å²) in [4.78, 5) is 4.11. The van der Waals surface area contributed by atoms with Crippen LogP contribution < -0.4 is 10.5 Å². The first-order chi connectivity index (χ1) is 8.33. The summed E-state index contributed by atoms with van der Waals surface area (Å²) in [7, 11) is 0. The zero-order chi connectivity index (χ0) is 11.7. The molecule has 2 aromatic rings. The Morgan fingerprint density at radius 1 is 1.29 bits per heavy atom. The fourth-order valence-electron chi connectivity index (χ4n) is 2.16. The van der Waals surface area contributed by atoms with Crippen molar-refractivity contribution in [1.29, 1.82) is 0 Å². The summed E-state index contributed by atoms with van der Waals surface area (Å²) in [6.45, 7) is 0.799. The molecule has 0 unspecified atom stereocenters. The molecular weight excluding hydrogens is 212 g/mol. The van der Waals surface area contributed by atoms with E-state index in [1.807, 2.05) is 18.3 Å². The smallest absolute Gasteiger partial charge is 0.122 e. The third-order valence-corrected chi connectivity index (χ3v) is 3.09. The van der Waals surface area contributed by atoms with Gasteiger partial charge in [0.05, 0.1) is 6.61 Å². The summed E-state index contributed by atoms with van der Waals surface area (Å²) in [5, 5.41) is 0. The SMILES string of the molecule is Nc1ccncc1Cc1ccc2c(c1)CCO2. The van der Waals surface area contributed by atoms with Gasteiger partial charge in [0.15, 0.2) is 0 Å². The van der Waals surface area contributed by atoms with Crippen LogP contribution >= 0.6 is 0 Å². The van der Waals surface area contributed by atoms with Crippen LogP contribution in [0.5, 0.6) is 5.75 Å². The minimum absolute atomic E-state index is 0.799. The molecule has 0 saturated carbocycles. The third-order valence-electron chi connectivity index (χ3n) is 3.09. The van der Waals surface area contributed by atoms with E-state index in [1.165, 1.54) is 11.1 Å². The normalized spacial score (nSPS) is 13.2. The minimum atomic E-state index is 0.799. The molecule has 1 aliphatic heterocycles. The molecule has 0 spiro atoms. The molecule has 0 fully saturated rings. The average molecular weight is 226 g/mol. The maximum absolute atomic E-state index is 5.92. The van der Waals surface area contributed by atoms with E-state index in [9.17, 15) is 0 Å². The van der Waals surface area contributed by atoms with Gasteiger partial charge in [0, 0.05) is 30.9 Å². The number of hydrogen-bond acceptors (Lipinski definition) is 3. The van der Waals surface area contributed by atoms with Gasteiger partial charge in [-0.25, -0.2) is 0 Å². The Hall–Kier alpha value is -2.03. The molecule has 0 saturated heterocycles. The van der Waals surface area contributed by atoms with Crippen molar-refractivity contribution >= 4 is 5.69 Å². The molecular formula is C14H14N2O.